The average molecular weight is 492 g/mol. The fourth-order valence-corrected chi connectivity index (χ4v) is 5.47. The van der Waals surface area contributed by atoms with Crippen LogP contribution in [0.4, 0.5) is 5.69 Å². The molecule has 0 saturated heterocycles. The number of rotatable bonds is 8. The molecule has 2 aromatic carbocycles. The first-order valence-electron chi connectivity index (χ1n) is 12.1. The third-order valence-corrected chi connectivity index (χ3v) is 7.91. The van der Waals surface area contributed by atoms with Gasteiger partial charge in [-0.05, 0) is 85.7 Å². The number of ether oxygens (including phenoxy) is 1. The number of hydrogen-bond acceptors (Lipinski definition) is 5. The zero-order valence-electron chi connectivity index (χ0n) is 19.4. The molecular formula is C27H29N3O4S. The van der Waals surface area contributed by atoms with Crippen LogP contribution in [-0.2, 0) is 10.0 Å². The number of hydrogen-bond donors (Lipinski definition) is 2. The van der Waals surface area contributed by atoms with E-state index < -0.39 is 10.0 Å². The van der Waals surface area contributed by atoms with Crippen molar-refractivity contribution in [2.75, 3.05) is 4.72 Å². The number of pyridine rings is 1. The van der Waals surface area contributed by atoms with E-state index in [1.165, 1.54) is 37.7 Å². The molecule has 1 aromatic heterocycles. The predicted molar refractivity (Wildman–Crippen MR) is 134 cm³/mol. The Bertz CT molecular complexity index is 1280. The number of sulfonamides is 1. The monoisotopic (exact) mass is 491 g/mol. The molecule has 0 aliphatic heterocycles. The third-order valence-electron chi connectivity index (χ3n) is 6.52. The number of carbonyl (C=O) groups excluding carboxylic acids is 1. The lowest BCUT2D eigenvalue weighted by atomic mass is 9.84. The van der Waals surface area contributed by atoms with Crippen molar-refractivity contribution in [1.29, 1.82) is 0 Å². The highest BCUT2D eigenvalue weighted by molar-refractivity contribution is 7.92. The van der Waals surface area contributed by atoms with Crippen molar-refractivity contribution in [1.82, 2.24) is 10.3 Å². The summed E-state index contributed by atoms with van der Waals surface area (Å²) in [4.78, 5) is 16.9. The van der Waals surface area contributed by atoms with Crippen molar-refractivity contribution in [2.24, 2.45) is 0 Å². The fraction of sp³-hybridized carbons (Fsp3) is 0.333. The van der Waals surface area contributed by atoms with E-state index in [0.717, 1.165) is 12.8 Å². The summed E-state index contributed by atoms with van der Waals surface area (Å²) in [5.74, 6) is 0.968. The van der Waals surface area contributed by atoms with Gasteiger partial charge in [0.25, 0.3) is 15.9 Å². The van der Waals surface area contributed by atoms with Crippen molar-refractivity contribution < 1.29 is 17.9 Å². The van der Waals surface area contributed by atoms with Gasteiger partial charge in [-0.2, -0.15) is 0 Å². The summed E-state index contributed by atoms with van der Waals surface area (Å²) in [5.41, 5.74) is 1.99. The summed E-state index contributed by atoms with van der Waals surface area (Å²) in [6, 6.07) is 17.3. The van der Waals surface area contributed by atoms with E-state index in [2.05, 4.69) is 15.0 Å². The highest BCUT2D eigenvalue weighted by Gasteiger charge is 2.25. The molecule has 2 aliphatic carbocycles. The Kier molecular flexibility index (Phi) is 6.72. The van der Waals surface area contributed by atoms with E-state index in [1.54, 1.807) is 54.7 Å². The van der Waals surface area contributed by atoms with Crippen molar-refractivity contribution >= 4 is 21.6 Å². The average Bonchev–Trinajstić information content (AvgIpc) is 3.70. The van der Waals surface area contributed by atoms with E-state index in [1.807, 2.05) is 12.1 Å². The van der Waals surface area contributed by atoms with Gasteiger partial charge in [0.15, 0.2) is 0 Å². The van der Waals surface area contributed by atoms with Crippen LogP contribution in [0, 0.1) is 0 Å². The standard InChI is InChI=1S/C27H29N3O4S/c31-26(29-21-10-11-21)25-7-4-18-28-27(25)34-23-14-12-22(13-15-23)30-35(32,33)24-16-8-20(9-17-24)19-5-2-1-3-6-19/h4,7-9,12-19,21,30H,1-3,5-6,10-11H2,(H,29,31). The molecule has 0 atom stereocenters. The minimum Gasteiger partial charge on any atom is -0.438 e. The topological polar surface area (TPSA) is 97.4 Å². The van der Waals surface area contributed by atoms with Crippen molar-refractivity contribution in [3.8, 4) is 11.6 Å². The van der Waals surface area contributed by atoms with E-state index in [0.29, 0.717) is 22.9 Å². The van der Waals surface area contributed by atoms with Gasteiger partial charge in [0.05, 0.1) is 4.90 Å². The first kappa shape index (κ1) is 23.4. The van der Waals surface area contributed by atoms with Gasteiger partial charge in [0.1, 0.15) is 11.3 Å². The molecule has 2 saturated carbocycles. The van der Waals surface area contributed by atoms with Gasteiger partial charge in [-0.25, -0.2) is 13.4 Å². The molecular weight excluding hydrogens is 462 g/mol. The van der Waals surface area contributed by atoms with Crippen LogP contribution in [0.3, 0.4) is 0 Å². The Labute approximate surface area is 206 Å². The lowest BCUT2D eigenvalue weighted by Gasteiger charge is -2.22. The van der Waals surface area contributed by atoms with Crippen LogP contribution in [0.2, 0.25) is 0 Å². The van der Waals surface area contributed by atoms with Crippen LogP contribution >= 0.6 is 0 Å². The van der Waals surface area contributed by atoms with Crippen LogP contribution in [0.1, 0.15) is 66.8 Å². The Hall–Kier alpha value is -3.39. The van der Waals surface area contributed by atoms with Gasteiger partial charge in [-0.1, -0.05) is 31.4 Å². The van der Waals surface area contributed by atoms with Gasteiger partial charge >= 0.3 is 0 Å². The molecule has 5 rings (SSSR count). The molecule has 1 amide bonds. The maximum absolute atomic E-state index is 12.9. The predicted octanol–water partition coefficient (Wildman–Crippen LogP) is 5.61. The second-order valence-corrected chi connectivity index (χ2v) is 10.9. The van der Waals surface area contributed by atoms with E-state index in [9.17, 15) is 13.2 Å². The molecule has 35 heavy (non-hydrogen) atoms. The van der Waals surface area contributed by atoms with Gasteiger partial charge in [-0.15, -0.1) is 0 Å². The Balaban J connectivity index is 1.24. The lowest BCUT2D eigenvalue weighted by molar-refractivity contribution is 0.0948. The van der Waals surface area contributed by atoms with Crippen LogP contribution in [-0.4, -0.2) is 25.4 Å². The van der Waals surface area contributed by atoms with Gasteiger partial charge in [-0.3, -0.25) is 9.52 Å². The molecule has 2 aliphatic rings. The van der Waals surface area contributed by atoms with Crippen molar-refractivity contribution in [3.05, 3.63) is 78.0 Å². The number of nitrogens with zero attached hydrogens (tertiary/aromatic N) is 1. The van der Waals surface area contributed by atoms with E-state index in [-0.39, 0.29) is 22.7 Å². The maximum Gasteiger partial charge on any atom is 0.261 e. The molecule has 7 nitrogen and oxygen atoms in total. The molecule has 2 N–H and O–H groups in total. The van der Waals surface area contributed by atoms with Gasteiger partial charge < -0.3 is 10.1 Å². The number of amides is 1. The largest absolute Gasteiger partial charge is 0.438 e. The Morgan fingerprint density at radius 2 is 1.60 bits per heavy atom. The van der Waals surface area contributed by atoms with Crippen LogP contribution < -0.4 is 14.8 Å². The second kappa shape index (κ2) is 10.1. The number of aromatic nitrogens is 1. The molecule has 0 radical (unpaired) electrons. The smallest absolute Gasteiger partial charge is 0.261 e. The van der Waals surface area contributed by atoms with Gasteiger partial charge in [0.2, 0.25) is 5.88 Å². The fourth-order valence-electron chi connectivity index (χ4n) is 4.41. The second-order valence-electron chi connectivity index (χ2n) is 9.24. The molecule has 0 unspecified atom stereocenters. The summed E-state index contributed by atoms with van der Waals surface area (Å²) in [6.45, 7) is 0. The SMILES string of the molecule is O=C(NC1CC1)c1cccnc1Oc1ccc(NS(=O)(=O)c2ccc(C3CCCCC3)cc2)cc1. The zero-order chi connectivity index (χ0) is 24.3. The number of benzene rings is 2. The molecule has 2 fully saturated rings. The molecule has 3 aromatic rings. The number of anilines is 1. The van der Waals surface area contributed by atoms with Crippen LogP contribution in [0.5, 0.6) is 11.6 Å². The van der Waals surface area contributed by atoms with Crippen molar-refractivity contribution in [2.45, 2.75) is 61.8 Å². The van der Waals surface area contributed by atoms with E-state index in [4.69, 9.17) is 4.74 Å². The molecule has 0 bridgehead atoms. The maximum atomic E-state index is 12.9. The summed E-state index contributed by atoms with van der Waals surface area (Å²) >= 11 is 0. The van der Waals surface area contributed by atoms with Gasteiger partial charge in [0, 0.05) is 17.9 Å². The normalized spacial score (nSPS) is 16.5. The summed E-state index contributed by atoms with van der Waals surface area (Å²) in [7, 11) is -3.71. The summed E-state index contributed by atoms with van der Waals surface area (Å²) in [5, 5.41) is 2.93. The first-order valence-corrected chi connectivity index (χ1v) is 13.6. The summed E-state index contributed by atoms with van der Waals surface area (Å²) in [6.07, 6.45) is 9.64. The summed E-state index contributed by atoms with van der Waals surface area (Å²) < 4.78 is 34.2. The first-order chi connectivity index (χ1) is 17.0. The number of nitrogens with one attached hydrogen (secondary N) is 2. The van der Waals surface area contributed by atoms with Crippen molar-refractivity contribution in [3.63, 3.8) is 0 Å². The Morgan fingerprint density at radius 1 is 0.886 bits per heavy atom. The highest BCUT2D eigenvalue weighted by Crippen LogP contribution is 2.33. The Morgan fingerprint density at radius 3 is 2.29 bits per heavy atom. The lowest BCUT2D eigenvalue weighted by Crippen LogP contribution is -2.25. The van der Waals surface area contributed by atoms with Crippen LogP contribution in [0.25, 0.3) is 0 Å². The number of carbonyl (C=O) groups is 1. The van der Waals surface area contributed by atoms with Crippen LogP contribution in [0.15, 0.2) is 71.8 Å². The molecule has 8 heteroatoms. The quantitative estimate of drug-likeness (QED) is 0.427. The third kappa shape index (κ3) is 5.82. The van der Waals surface area contributed by atoms with E-state index >= 15 is 0 Å². The molecule has 182 valence electrons. The molecule has 0 spiro atoms. The molecule has 1 heterocycles. The zero-order valence-corrected chi connectivity index (χ0v) is 20.3. The highest BCUT2D eigenvalue weighted by atomic mass is 32.2. The minimum absolute atomic E-state index is 0.206. The minimum atomic E-state index is -3.71.